The molecule has 1 aliphatic rings. The quantitative estimate of drug-likeness (QED) is 0.300. The summed E-state index contributed by atoms with van der Waals surface area (Å²) in [5.41, 5.74) is 4.90. The first kappa shape index (κ1) is 40.3. The Hall–Kier alpha value is -4.72. The molecule has 0 aliphatic carbocycles. The number of nitrogens with zero attached hydrogens (tertiary/aromatic N) is 4. The highest BCUT2D eigenvalue weighted by Gasteiger charge is 2.39. The van der Waals surface area contributed by atoms with Crippen LogP contribution in [0.2, 0.25) is 0 Å². The maximum atomic E-state index is 10.6. The molecule has 1 aliphatic heterocycles. The van der Waals surface area contributed by atoms with Gasteiger partial charge in [-0.3, -0.25) is 9.88 Å². The van der Waals surface area contributed by atoms with Crippen molar-refractivity contribution >= 4 is 17.9 Å². The number of carboxylic acids is 3. The van der Waals surface area contributed by atoms with Crippen LogP contribution >= 0.6 is 0 Å². The molecule has 20 heteroatoms. The first-order chi connectivity index (χ1) is 21.6. The smallest absolute Gasteiger partial charge is 0.475 e. The zero-order valence-electron chi connectivity index (χ0n) is 24.1. The summed E-state index contributed by atoms with van der Waals surface area (Å²) < 4.78 is 103. The predicted octanol–water partition coefficient (Wildman–Crippen LogP) is 5.03. The minimum Gasteiger partial charge on any atom is -0.475 e. The second kappa shape index (κ2) is 17.8. The Kier molecular flexibility index (Phi) is 15.3. The number of benzene rings is 1. The van der Waals surface area contributed by atoms with Crippen LogP contribution in [0.5, 0.6) is 0 Å². The number of pyridine rings is 1. The molecule has 0 saturated carbocycles. The van der Waals surface area contributed by atoms with Crippen LogP contribution in [0, 0.1) is 0 Å². The second-order valence-corrected chi connectivity index (χ2v) is 9.19. The first-order valence-electron chi connectivity index (χ1n) is 12.8. The van der Waals surface area contributed by atoms with Gasteiger partial charge < -0.3 is 24.6 Å². The van der Waals surface area contributed by atoms with E-state index in [2.05, 4.69) is 44.7 Å². The summed E-state index contributed by atoms with van der Waals surface area (Å²) >= 11 is 0. The minimum absolute atomic E-state index is 0.204. The maximum Gasteiger partial charge on any atom is 0.490 e. The third kappa shape index (κ3) is 14.9. The topological polar surface area (TPSA) is 155 Å². The van der Waals surface area contributed by atoms with Crippen LogP contribution < -0.4 is 0 Å². The van der Waals surface area contributed by atoms with Crippen LogP contribution in [0.25, 0.3) is 0 Å². The van der Waals surface area contributed by atoms with Gasteiger partial charge in [0.1, 0.15) is 0 Å². The average molecular weight is 691 g/mol. The molecular formula is C27H27F9N4O7. The lowest BCUT2D eigenvalue weighted by molar-refractivity contribution is -0.193. The van der Waals surface area contributed by atoms with Crippen molar-refractivity contribution in [2.45, 2.75) is 44.1 Å². The number of imidazole rings is 1. The summed E-state index contributed by atoms with van der Waals surface area (Å²) in [7, 11) is 2.07. The molecule has 0 radical (unpaired) electrons. The number of carboxylic acid groups (broad SMARTS) is 3. The molecule has 2 aromatic heterocycles. The Morgan fingerprint density at radius 3 is 1.77 bits per heavy atom. The average Bonchev–Trinajstić information content (AvgIpc) is 3.35. The summed E-state index contributed by atoms with van der Waals surface area (Å²) in [5, 5.41) is 21.4. The summed E-state index contributed by atoms with van der Waals surface area (Å²) in [4.78, 5) is 38.0. The van der Waals surface area contributed by atoms with E-state index in [9.17, 15) is 39.5 Å². The van der Waals surface area contributed by atoms with Crippen LogP contribution in [0.3, 0.4) is 0 Å². The molecule has 0 amide bonds. The monoisotopic (exact) mass is 690 g/mol. The number of hydrogen-bond acceptors (Lipinski definition) is 7. The molecular weight excluding hydrogens is 663 g/mol. The predicted molar refractivity (Wildman–Crippen MR) is 141 cm³/mol. The number of alkyl halides is 9. The van der Waals surface area contributed by atoms with Crippen molar-refractivity contribution < 1.29 is 74.0 Å². The van der Waals surface area contributed by atoms with Crippen LogP contribution in [-0.2, 0) is 45.7 Å². The number of rotatable bonds is 6. The van der Waals surface area contributed by atoms with E-state index in [4.69, 9.17) is 34.4 Å². The Bertz CT molecular complexity index is 1360. The van der Waals surface area contributed by atoms with Crippen molar-refractivity contribution in [2.24, 2.45) is 7.05 Å². The van der Waals surface area contributed by atoms with Crippen molar-refractivity contribution in [2.75, 3.05) is 13.2 Å². The number of aliphatic carboxylic acids is 3. The highest BCUT2D eigenvalue weighted by Crippen LogP contribution is 2.30. The van der Waals surface area contributed by atoms with Crippen LogP contribution in [0.4, 0.5) is 39.5 Å². The minimum atomic E-state index is -5.08. The zero-order chi connectivity index (χ0) is 36.0. The van der Waals surface area contributed by atoms with Crippen molar-refractivity contribution in [3.63, 3.8) is 0 Å². The molecule has 4 rings (SSSR count). The molecule has 0 spiro atoms. The second-order valence-electron chi connectivity index (χ2n) is 9.19. The van der Waals surface area contributed by atoms with Gasteiger partial charge in [-0.2, -0.15) is 39.5 Å². The summed E-state index contributed by atoms with van der Waals surface area (Å²) in [6.07, 6.45) is -8.59. The first-order valence-corrected chi connectivity index (χ1v) is 12.8. The van der Waals surface area contributed by atoms with Gasteiger partial charge in [0.15, 0.2) is 0 Å². The fourth-order valence-corrected chi connectivity index (χ4v) is 3.65. The van der Waals surface area contributed by atoms with E-state index in [0.717, 1.165) is 19.5 Å². The maximum absolute atomic E-state index is 10.6. The lowest BCUT2D eigenvalue weighted by Gasteiger charge is -2.35. The number of hydrogen-bond donors (Lipinski definition) is 3. The van der Waals surface area contributed by atoms with Crippen molar-refractivity contribution in [1.29, 1.82) is 0 Å². The number of ether oxygens (including phenoxy) is 1. The van der Waals surface area contributed by atoms with Gasteiger partial charge in [0.2, 0.25) is 0 Å². The van der Waals surface area contributed by atoms with Crippen molar-refractivity contribution in [3.05, 3.63) is 83.7 Å². The Morgan fingerprint density at radius 2 is 1.32 bits per heavy atom. The number of carbonyl (C=O) groups is 3. The van der Waals surface area contributed by atoms with E-state index < -0.39 is 36.4 Å². The van der Waals surface area contributed by atoms with Gasteiger partial charge in [-0.25, -0.2) is 19.4 Å². The van der Waals surface area contributed by atoms with E-state index in [1.807, 2.05) is 43.0 Å². The Labute approximate surface area is 259 Å². The Balaban J connectivity index is 0.000000430. The third-order valence-electron chi connectivity index (χ3n) is 5.68. The SMILES string of the molecule is Cn1cnc2c1C(COCc1ccccc1)N(Cc1cccnc1)CC2.O=C(O)C(F)(F)F.O=C(O)C(F)(F)F.O=C(O)C(F)(F)F. The molecule has 3 aromatic rings. The normalized spacial score (nSPS) is 14.6. The summed E-state index contributed by atoms with van der Waals surface area (Å²) in [6.45, 7) is 3.14. The fourth-order valence-electron chi connectivity index (χ4n) is 3.65. The van der Waals surface area contributed by atoms with Crippen LogP contribution in [0.1, 0.15) is 28.6 Å². The Morgan fingerprint density at radius 1 is 0.830 bits per heavy atom. The lowest BCUT2D eigenvalue weighted by Crippen LogP contribution is -2.38. The largest absolute Gasteiger partial charge is 0.490 e. The van der Waals surface area contributed by atoms with Crippen LogP contribution in [-0.4, -0.2) is 84.3 Å². The van der Waals surface area contributed by atoms with Gasteiger partial charge in [-0.15, -0.1) is 0 Å². The lowest BCUT2D eigenvalue weighted by atomic mass is 10.0. The van der Waals surface area contributed by atoms with E-state index >= 15 is 0 Å². The van der Waals surface area contributed by atoms with Crippen LogP contribution in [0.15, 0.2) is 61.2 Å². The number of halogens is 9. The molecule has 1 aromatic carbocycles. The molecule has 0 saturated heterocycles. The van der Waals surface area contributed by atoms with E-state index in [0.29, 0.717) is 13.2 Å². The molecule has 3 N–H and O–H groups in total. The van der Waals surface area contributed by atoms with E-state index in [1.165, 1.54) is 22.5 Å². The highest BCUT2D eigenvalue weighted by molar-refractivity contribution is 5.73. The molecule has 0 bridgehead atoms. The third-order valence-corrected chi connectivity index (χ3v) is 5.68. The van der Waals surface area contributed by atoms with E-state index in [-0.39, 0.29) is 6.04 Å². The fraction of sp³-hybridized carbons (Fsp3) is 0.370. The molecule has 11 nitrogen and oxygen atoms in total. The van der Waals surface area contributed by atoms with Crippen molar-refractivity contribution in [1.82, 2.24) is 19.4 Å². The van der Waals surface area contributed by atoms with E-state index in [1.54, 1.807) is 0 Å². The zero-order valence-corrected chi connectivity index (χ0v) is 24.1. The molecule has 47 heavy (non-hydrogen) atoms. The molecule has 0 fully saturated rings. The summed E-state index contributed by atoms with van der Waals surface area (Å²) in [6, 6.07) is 14.7. The molecule has 3 heterocycles. The van der Waals surface area contributed by atoms with Gasteiger partial charge in [0.25, 0.3) is 0 Å². The number of aromatic nitrogens is 3. The molecule has 1 unspecified atom stereocenters. The standard InChI is InChI=1S/C21H24N4O.3C2HF3O2/c1-24-16-23-19-9-11-25(13-18-8-5-10-22-12-18)20(21(19)24)15-26-14-17-6-3-2-4-7-17;3*3-2(4,5)1(6)7/h2-8,10,12,16,20H,9,11,13-15H2,1H3;3*(H,6,7). The van der Waals surface area contributed by atoms with Crippen molar-refractivity contribution in [3.8, 4) is 0 Å². The van der Waals surface area contributed by atoms with Gasteiger partial charge in [-0.1, -0.05) is 36.4 Å². The summed E-state index contributed by atoms with van der Waals surface area (Å²) in [5.74, 6) is -8.27. The van der Waals surface area contributed by atoms with Gasteiger partial charge in [0.05, 0.1) is 37.0 Å². The number of aryl methyl sites for hydroxylation is 1. The van der Waals surface area contributed by atoms with Gasteiger partial charge in [0, 0.05) is 39.0 Å². The van der Waals surface area contributed by atoms with Gasteiger partial charge in [-0.05, 0) is 17.2 Å². The van der Waals surface area contributed by atoms with Gasteiger partial charge >= 0.3 is 36.4 Å². The highest BCUT2D eigenvalue weighted by atomic mass is 19.4. The number of fused-ring (bicyclic) bond motifs is 1. The molecule has 260 valence electrons. The molecule has 1 atom stereocenters.